The Morgan fingerprint density at radius 1 is 0.647 bits per heavy atom. The molecule has 0 N–H and O–H groups in total. The molecule has 0 radical (unpaired) electrons. The van der Waals surface area contributed by atoms with E-state index in [1.807, 2.05) is 60.7 Å². The van der Waals surface area contributed by atoms with Gasteiger partial charge in [-0.25, -0.2) is 0 Å². The molecule has 3 heterocycles. The van der Waals surface area contributed by atoms with Crippen molar-refractivity contribution in [2.24, 2.45) is 0 Å². The zero-order valence-electron chi connectivity index (χ0n) is 19.0. The average molecular weight is 457 g/mol. The van der Waals surface area contributed by atoms with Gasteiger partial charge in [0.05, 0.1) is 0 Å². The minimum absolute atomic E-state index is 0.143. The summed E-state index contributed by atoms with van der Waals surface area (Å²) < 4.78 is 10.7. The third kappa shape index (κ3) is 3.87. The Labute approximate surface area is 196 Å². The van der Waals surface area contributed by atoms with Crippen molar-refractivity contribution < 1.29 is 18.6 Å². The van der Waals surface area contributed by atoms with Gasteiger partial charge in [0.25, 0.3) is 11.8 Å². The lowest BCUT2D eigenvalue weighted by atomic mass is 10.0. The molecule has 172 valence electrons. The van der Waals surface area contributed by atoms with E-state index in [1.54, 1.807) is 23.6 Å². The Hall–Kier alpha value is -4.20. The van der Waals surface area contributed by atoms with Gasteiger partial charge < -0.3 is 18.8 Å². The molecule has 2 aromatic heterocycles. The van der Waals surface area contributed by atoms with Crippen molar-refractivity contribution in [3.63, 3.8) is 0 Å². The molecule has 4 aromatic rings. The Bertz CT molecular complexity index is 1220. The molecule has 0 unspecified atom stereocenters. The van der Waals surface area contributed by atoms with E-state index < -0.39 is 0 Å². The second kappa shape index (κ2) is 8.97. The van der Waals surface area contributed by atoms with Gasteiger partial charge in [-0.1, -0.05) is 71.0 Å². The van der Waals surface area contributed by atoms with Crippen molar-refractivity contribution in [3.8, 4) is 22.5 Å². The summed E-state index contributed by atoms with van der Waals surface area (Å²) in [6.45, 7) is 5.13. The smallest absolute Gasteiger partial charge is 0.259 e. The highest BCUT2D eigenvalue weighted by molar-refractivity contribution is 6.02. The van der Waals surface area contributed by atoms with E-state index in [-0.39, 0.29) is 11.8 Å². The van der Waals surface area contributed by atoms with E-state index in [0.717, 1.165) is 11.1 Å². The van der Waals surface area contributed by atoms with Crippen LogP contribution in [-0.2, 0) is 0 Å². The number of nitrogens with zero attached hydrogens (tertiary/aromatic N) is 4. The molecule has 5 rings (SSSR count). The van der Waals surface area contributed by atoms with E-state index in [9.17, 15) is 9.59 Å². The van der Waals surface area contributed by atoms with Crippen LogP contribution in [0.15, 0.2) is 69.7 Å². The Kier molecular flexibility index (Phi) is 5.71. The van der Waals surface area contributed by atoms with Crippen molar-refractivity contribution in [2.75, 3.05) is 26.2 Å². The van der Waals surface area contributed by atoms with Crippen LogP contribution in [0.2, 0.25) is 0 Å². The van der Waals surface area contributed by atoms with Gasteiger partial charge in [-0.3, -0.25) is 9.59 Å². The number of carbonyl (C=O) groups excluding carboxylic acids is 2. The molecule has 2 amide bonds. The topological polar surface area (TPSA) is 92.7 Å². The van der Waals surface area contributed by atoms with Crippen LogP contribution in [0.1, 0.15) is 32.2 Å². The molecule has 8 heteroatoms. The highest BCUT2D eigenvalue weighted by Crippen LogP contribution is 2.28. The van der Waals surface area contributed by atoms with Crippen LogP contribution in [0.3, 0.4) is 0 Å². The van der Waals surface area contributed by atoms with Gasteiger partial charge in [0.15, 0.2) is 0 Å². The van der Waals surface area contributed by atoms with Crippen LogP contribution in [-0.4, -0.2) is 58.1 Å². The monoisotopic (exact) mass is 456 g/mol. The van der Waals surface area contributed by atoms with Crippen LogP contribution >= 0.6 is 0 Å². The summed E-state index contributed by atoms with van der Waals surface area (Å²) in [5, 5.41) is 8.25. The second-order valence-corrected chi connectivity index (χ2v) is 8.24. The third-order valence-electron chi connectivity index (χ3n) is 6.10. The first-order valence-electron chi connectivity index (χ1n) is 11.2. The van der Waals surface area contributed by atoms with Gasteiger partial charge in [-0.15, -0.1) is 0 Å². The lowest BCUT2D eigenvalue weighted by Crippen LogP contribution is -2.50. The summed E-state index contributed by atoms with van der Waals surface area (Å²) in [5.74, 6) is 0.677. The van der Waals surface area contributed by atoms with E-state index in [2.05, 4.69) is 10.3 Å². The van der Waals surface area contributed by atoms with E-state index >= 15 is 0 Å². The van der Waals surface area contributed by atoms with Gasteiger partial charge in [0.1, 0.15) is 34.0 Å². The fraction of sp³-hybridized carbons (Fsp3) is 0.231. The molecule has 1 fully saturated rings. The molecule has 0 aliphatic carbocycles. The predicted molar refractivity (Wildman–Crippen MR) is 125 cm³/mol. The zero-order chi connectivity index (χ0) is 23.7. The number of hydrogen-bond acceptors (Lipinski definition) is 6. The largest absolute Gasteiger partial charge is 0.360 e. The number of hydrogen-bond donors (Lipinski definition) is 0. The Balaban J connectivity index is 1.32. The van der Waals surface area contributed by atoms with Crippen molar-refractivity contribution >= 4 is 11.8 Å². The number of piperazine rings is 1. The first-order valence-corrected chi connectivity index (χ1v) is 11.2. The number of carbonyl (C=O) groups is 2. The molecule has 0 saturated carbocycles. The quantitative estimate of drug-likeness (QED) is 0.457. The maximum atomic E-state index is 13.4. The fourth-order valence-electron chi connectivity index (χ4n) is 4.26. The number of aromatic nitrogens is 2. The minimum Gasteiger partial charge on any atom is -0.360 e. The van der Waals surface area contributed by atoms with Gasteiger partial charge >= 0.3 is 0 Å². The van der Waals surface area contributed by atoms with Crippen LogP contribution in [0.4, 0.5) is 0 Å². The number of benzene rings is 2. The normalized spacial score (nSPS) is 13.8. The third-order valence-corrected chi connectivity index (χ3v) is 6.10. The molecule has 1 aliphatic heterocycles. The highest BCUT2D eigenvalue weighted by atomic mass is 16.5. The summed E-state index contributed by atoms with van der Waals surface area (Å²) in [4.78, 5) is 30.2. The SMILES string of the molecule is Cc1onc(-c2ccccc2)c1C(=O)N1CCN(C(=O)c2c(-c3ccccc3)noc2C)CC1. The van der Waals surface area contributed by atoms with Crippen molar-refractivity contribution in [1.29, 1.82) is 0 Å². The zero-order valence-corrected chi connectivity index (χ0v) is 19.0. The Morgan fingerprint density at radius 2 is 1.00 bits per heavy atom. The molecule has 1 saturated heterocycles. The molecule has 0 bridgehead atoms. The summed E-state index contributed by atoms with van der Waals surface area (Å²) in [7, 11) is 0. The second-order valence-electron chi connectivity index (χ2n) is 8.24. The molecule has 8 nitrogen and oxygen atoms in total. The maximum Gasteiger partial charge on any atom is 0.259 e. The number of aryl methyl sites for hydroxylation is 2. The highest BCUT2D eigenvalue weighted by Gasteiger charge is 2.32. The van der Waals surface area contributed by atoms with Crippen molar-refractivity contribution in [3.05, 3.63) is 83.3 Å². The minimum atomic E-state index is -0.143. The van der Waals surface area contributed by atoms with Crippen LogP contribution in [0, 0.1) is 13.8 Å². The Morgan fingerprint density at radius 3 is 1.35 bits per heavy atom. The van der Waals surface area contributed by atoms with Crippen LogP contribution < -0.4 is 0 Å². The molecule has 34 heavy (non-hydrogen) atoms. The number of amides is 2. The fourth-order valence-corrected chi connectivity index (χ4v) is 4.26. The van der Waals surface area contributed by atoms with E-state index in [0.29, 0.717) is 60.2 Å². The summed E-state index contributed by atoms with van der Waals surface area (Å²) in [6, 6.07) is 19.0. The van der Waals surface area contributed by atoms with Gasteiger partial charge in [0, 0.05) is 37.3 Å². The van der Waals surface area contributed by atoms with E-state index in [4.69, 9.17) is 9.05 Å². The summed E-state index contributed by atoms with van der Waals surface area (Å²) in [5.41, 5.74) is 3.66. The van der Waals surface area contributed by atoms with Crippen molar-refractivity contribution in [2.45, 2.75) is 13.8 Å². The van der Waals surface area contributed by atoms with Crippen LogP contribution in [0.5, 0.6) is 0 Å². The van der Waals surface area contributed by atoms with Gasteiger partial charge in [0.2, 0.25) is 0 Å². The van der Waals surface area contributed by atoms with Gasteiger partial charge in [-0.05, 0) is 13.8 Å². The lowest BCUT2D eigenvalue weighted by molar-refractivity contribution is 0.0534. The summed E-state index contributed by atoms with van der Waals surface area (Å²) >= 11 is 0. The molecule has 0 atom stereocenters. The lowest BCUT2D eigenvalue weighted by Gasteiger charge is -2.34. The molecular weight excluding hydrogens is 432 g/mol. The average Bonchev–Trinajstić information content (AvgIpc) is 3.47. The molecule has 2 aromatic carbocycles. The summed E-state index contributed by atoms with van der Waals surface area (Å²) in [6.07, 6.45) is 0. The predicted octanol–water partition coefficient (Wildman–Crippen LogP) is 4.21. The molecule has 0 spiro atoms. The van der Waals surface area contributed by atoms with Gasteiger partial charge in [-0.2, -0.15) is 0 Å². The molecule has 1 aliphatic rings. The first-order chi connectivity index (χ1) is 16.5. The van der Waals surface area contributed by atoms with Crippen LogP contribution in [0.25, 0.3) is 22.5 Å². The standard InChI is InChI=1S/C26H24N4O4/c1-17-21(23(27-33-17)19-9-5-3-6-10-19)25(31)29-13-15-30(16-14-29)26(32)22-18(2)34-28-24(22)20-11-7-4-8-12-20/h3-12H,13-16H2,1-2H3. The number of rotatable bonds is 4. The maximum absolute atomic E-state index is 13.4. The molecular formula is C26H24N4O4. The van der Waals surface area contributed by atoms with E-state index in [1.165, 1.54) is 0 Å². The first kappa shape index (κ1) is 21.6. The van der Waals surface area contributed by atoms with Crippen molar-refractivity contribution in [1.82, 2.24) is 20.1 Å².